The first kappa shape index (κ1) is 21.8. The minimum Gasteiger partial charge on any atom is -0.443 e. The molecule has 13 heteroatoms. The van der Waals surface area contributed by atoms with E-state index in [1.165, 1.54) is 29.1 Å². The van der Waals surface area contributed by atoms with E-state index in [0.717, 1.165) is 6.07 Å². The Morgan fingerprint density at radius 2 is 2.12 bits per heavy atom. The third-order valence-electron chi connectivity index (χ3n) is 4.49. The first-order valence-corrected chi connectivity index (χ1v) is 9.52. The van der Waals surface area contributed by atoms with Gasteiger partial charge in [-0.05, 0) is 29.2 Å². The summed E-state index contributed by atoms with van der Waals surface area (Å²) in [6.45, 7) is 0.691. The van der Waals surface area contributed by atoms with Gasteiger partial charge >= 0.3 is 18.2 Å². The van der Waals surface area contributed by atoms with E-state index in [4.69, 9.17) is 21.1 Å². The summed E-state index contributed by atoms with van der Waals surface area (Å²) in [6, 6.07) is 7.25. The zero-order chi connectivity index (χ0) is 22.9. The monoisotopic (exact) mass is 470 g/mol. The van der Waals surface area contributed by atoms with Gasteiger partial charge in [0.15, 0.2) is 0 Å². The van der Waals surface area contributed by atoms with Gasteiger partial charge in [-0.1, -0.05) is 17.7 Å². The van der Waals surface area contributed by atoms with Crippen molar-refractivity contribution in [3.8, 4) is 22.9 Å². The maximum absolute atomic E-state index is 12.3. The van der Waals surface area contributed by atoms with E-state index in [2.05, 4.69) is 14.7 Å². The van der Waals surface area contributed by atoms with Crippen molar-refractivity contribution in [2.45, 2.75) is 25.6 Å². The van der Waals surface area contributed by atoms with Gasteiger partial charge in [0.1, 0.15) is 24.7 Å². The Hall–Kier alpha value is -3.38. The summed E-state index contributed by atoms with van der Waals surface area (Å²) in [5, 5.41) is 10.9. The van der Waals surface area contributed by atoms with Gasteiger partial charge in [0, 0.05) is 22.3 Å². The molecule has 1 aliphatic heterocycles. The molecule has 0 spiro atoms. The second-order valence-corrected chi connectivity index (χ2v) is 7.17. The smallest absolute Gasteiger partial charge is 0.443 e. The van der Waals surface area contributed by atoms with Crippen LogP contribution in [0.2, 0.25) is 5.02 Å². The highest BCUT2D eigenvalue weighted by molar-refractivity contribution is 6.33. The van der Waals surface area contributed by atoms with Crippen LogP contribution in [0.5, 0.6) is 11.8 Å². The first-order chi connectivity index (χ1) is 15.2. The summed E-state index contributed by atoms with van der Waals surface area (Å²) >= 11 is 6.09. The molecule has 0 amide bonds. The molecule has 3 heterocycles. The number of aromatic nitrogens is 3. The number of halogens is 4. The van der Waals surface area contributed by atoms with E-state index in [1.54, 1.807) is 12.1 Å². The minimum absolute atomic E-state index is 0.0853. The predicted octanol–water partition coefficient (Wildman–Crippen LogP) is 4.38. The molecule has 2 aromatic heterocycles. The molecule has 1 atom stereocenters. The molecule has 0 saturated heterocycles. The number of nitrogens with zero attached hydrogens (tertiary/aromatic N) is 4. The van der Waals surface area contributed by atoms with Gasteiger partial charge < -0.3 is 24.3 Å². The van der Waals surface area contributed by atoms with Gasteiger partial charge in [-0.2, -0.15) is 0 Å². The number of hydrogen-bond acceptors (Lipinski definition) is 7. The van der Waals surface area contributed by atoms with Crippen molar-refractivity contribution in [2.75, 3.05) is 6.61 Å². The molecule has 32 heavy (non-hydrogen) atoms. The van der Waals surface area contributed by atoms with Gasteiger partial charge in [0.2, 0.25) is 0 Å². The lowest BCUT2D eigenvalue weighted by Crippen LogP contribution is -2.32. The fourth-order valence-corrected chi connectivity index (χ4v) is 3.34. The molecule has 1 aliphatic rings. The van der Waals surface area contributed by atoms with E-state index in [-0.39, 0.29) is 36.2 Å². The van der Waals surface area contributed by atoms with Crippen LogP contribution in [-0.4, -0.2) is 38.5 Å². The topological polar surface area (TPSA) is 102 Å². The second kappa shape index (κ2) is 8.63. The normalized spacial score (nSPS) is 15.7. The molecule has 168 valence electrons. The first-order valence-electron chi connectivity index (χ1n) is 9.14. The van der Waals surface area contributed by atoms with E-state index >= 15 is 0 Å². The maximum Gasteiger partial charge on any atom is 0.573 e. The molecule has 0 fully saturated rings. The predicted molar refractivity (Wildman–Crippen MR) is 104 cm³/mol. The minimum atomic E-state index is -4.80. The van der Waals surface area contributed by atoms with E-state index in [9.17, 15) is 23.3 Å². The number of rotatable bonds is 6. The summed E-state index contributed by atoms with van der Waals surface area (Å²) in [5.41, 5.74) is 1.70. The summed E-state index contributed by atoms with van der Waals surface area (Å²) < 4.78 is 53.5. The number of alkyl halides is 3. The molecule has 0 bridgehead atoms. The molecule has 1 aromatic carbocycles. The molecule has 0 unspecified atom stereocenters. The van der Waals surface area contributed by atoms with Crippen molar-refractivity contribution in [3.63, 3.8) is 0 Å². The molecule has 0 aliphatic carbocycles. The Kier molecular flexibility index (Phi) is 5.89. The Labute approximate surface area is 183 Å². The van der Waals surface area contributed by atoms with Crippen molar-refractivity contribution in [3.05, 3.63) is 63.6 Å². The molecule has 3 aromatic rings. The van der Waals surface area contributed by atoms with Crippen molar-refractivity contribution in [2.24, 2.45) is 0 Å². The summed E-state index contributed by atoms with van der Waals surface area (Å²) in [6.07, 6.45) is -2.34. The van der Waals surface area contributed by atoms with Crippen LogP contribution in [0, 0.1) is 10.1 Å². The molecule has 9 nitrogen and oxygen atoms in total. The number of nitro groups is 1. The van der Waals surface area contributed by atoms with Gasteiger partial charge in [-0.3, -0.25) is 9.55 Å². The number of fused-ring (bicyclic) bond motifs is 1. The molecule has 4 rings (SSSR count). The summed E-state index contributed by atoms with van der Waals surface area (Å²) in [4.78, 5) is 18.3. The van der Waals surface area contributed by atoms with Crippen LogP contribution in [0.4, 0.5) is 19.0 Å². The number of imidazole rings is 1. The number of pyridine rings is 1. The number of benzene rings is 1. The van der Waals surface area contributed by atoms with Crippen molar-refractivity contribution in [1.29, 1.82) is 0 Å². The van der Waals surface area contributed by atoms with Crippen molar-refractivity contribution in [1.82, 2.24) is 14.5 Å². The Bertz CT molecular complexity index is 1140. The van der Waals surface area contributed by atoms with Crippen LogP contribution in [0.15, 0.2) is 42.7 Å². The second-order valence-electron chi connectivity index (χ2n) is 6.76. The van der Waals surface area contributed by atoms with Crippen LogP contribution in [-0.2, 0) is 17.9 Å². The largest absolute Gasteiger partial charge is 0.573 e. The van der Waals surface area contributed by atoms with Crippen LogP contribution >= 0.6 is 11.6 Å². The summed E-state index contributed by atoms with van der Waals surface area (Å²) in [5.74, 6) is -0.708. The molecule has 0 saturated carbocycles. The molecular weight excluding hydrogens is 457 g/mol. The quantitative estimate of drug-likeness (QED) is 0.389. The van der Waals surface area contributed by atoms with E-state index in [1.807, 2.05) is 0 Å². The van der Waals surface area contributed by atoms with E-state index in [0.29, 0.717) is 23.4 Å². The lowest BCUT2D eigenvalue weighted by atomic mass is 10.1. The fourth-order valence-electron chi connectivity index (χ4n) is 3.06. The van der Waals surface area contributed by atoms with Gasteiger partial charge in [0.05, 0.1) is 23.9 Å². The number of hydrogen-bond donors (Lipinski definition) is 0. The van der Waals surface area contributed by atoms with Crippen LogP contribution in [0.1, 0.15) is 5.69 Å². The lowest BCUT2D eigenvalue weighted by Gasteiger charge is -2.22. The molecule has 0 radical (unpaired) electrons. The van der Waals surface area contributed by atoms with E-state index < -0.39 is 17.0 Å². The van der Waals surface area contributed by atoms with Crippen LogP contribution in [0.3, 0.4) is 0 Å². The summed E-state index contributed by atoms with van der Waals surface area (Å²) in [7, 11) is 0. The molecular formula is C19H14ClF3N4O5. The Morgan fingerprint density at radius 3 is 2.78 bits per heavy atom. The van der Waals surface area contributed by atoms with Crippen molar-refractivity contribution < 1.29 is 32.3 Å². The standard InChI is InChI=1S/C19H14ClF3N4O5/c20-16-5-13(32-19(21,22)23)3-4-15(16)11-1-2-12(24-6-11)9-30-14-7-26-8-17(27(28)29)25-18(26)31-10-14/h1-6,8,14H,7,9-10H2/t14-/m0/s1. The Balaban J connectivity index is 1.37. The highest BCUT2D eigenvalue weighted by Crippen LogP contribution is 2.33. The highest BCUT2D eigenvalue weighted by Gasteiger charge is 2.31. The van der Waals surface area contributed by atoms with Crippen LogP contribution in [0.25, 0.3) is 11.1 Å². The third kappa shape index (κ3) is 5.08. The third-order valence-corrected chi connectivity index (χ3v) is 4.80. The fraction of sp³-hybridized carbons (Fsp3) is 0.263. The van der Waals surface area contributed by atoms with Gasteiger partial charge in [-0.15, -0.1) is 13.2 Å². The maximum atomic E-state index is 12.3. The lowest BCUT2D eigenvalue weighted by molar-refractivity contribution is -0.389. The zero-order valence-corrected chi connectivity index (χ0v) is 16.8. The average molecular weight is 471 g/mol. The zero-order valence-electron chi connectivity index (χ0n) is 16.1. The van der Waals surface area contributed by atoms with Gasteiger partial charge in [0.25, 0.3) is 0 Å². The Morgan fingerprint density at radius 1 is 1.31 bits per heavy atom. The molecule has 0 N–H and O–H groups in total. The van der Waals surface area contributed by atoms with Crippen molar-refractivity contribution >= 4 is 17.4 Å². The average Bonchev–Trinajstić information content (AvgIpc) is 3.16. The van der Waals surface area contributed by atoms with Crippen LogP contribution < -0.4 is 9.47 Å². The number of ether oxygens (including phenoxy) is 3. The van der Waals surface area contributed by atoms with Gasteiger partial charge in [-0.25, -0.2) is 0 Å². The SMILES string of the molecule is O=[N+]([O-])c1cn2c(n1)OC[C@@H](OCc1ccc(-c3ccc(OC(F)(F)F)cc3Cl)cn1)C2. The highest BCUT2D eigenvalue weighted by atomic mass is 35.5.